The van der Waals surface area contributed by atoms with Gasteiger partial charge in [0.2, 0.25) is 5.91 Å². The Morgan fingerprint density at radius 3 is 2.72 bits per heavy atom. The third-order valence-corrected chi connectivity index (χ3v) is 5.74. The van der Waals surface area contributed by atoms with Crippen LogP contribution in [0.1, 0.15) is 45.1 Å². The Bertz CT molecular complexity index is 1020. The van der Waals surface area contributed by atoms with E-state index in [0.29, 0.717) is 18.0 Å². The van der Waals surface area contributed by atoms with Crippen LogP contribution in [0.3, 0.4) is 0 Å². The third-order valence-electron chi connectivity index (χ3n) is 5.48. The van der Waals surface area contributed by atoms with Crippen LogP contribution in [-0.2, 0) is 11.3 Å². The maximum Gasteiger partial charge on any atom is 0.222 e. The summed E-state index contributed by atoms with van der Waals surface area (Å²) in [4.78, 5) is 19.2. The molecule has 1 atom stereocenters. The number of methoxy groups -OCH3 is 1. The van der Waals surface area contributed by atoms with Crippen molar-refractivity contribution in [2.24, 2.45) is 0 Å². The van der Waals surface area contributed by atoms with E-state index in [-0.39, 0.29) is 11.9 Å². The summed E-state index contributed by atoms with van der Waals surface area (Å²) in [6, 6.07) is 15.9. The van der Waals surface area contributed by atoms with Gasteiger partial charge in [-0.2, -0.15) is 0 Å². The van der Waals surface area contributed by atoms with Gasteiger partial charge in [-0.05, 0) is 56.0 Å². The zero-order chi connectivity index (χ0) is 22.9. The summed E-state index contributed by atoms with van der Waals surface area (Å²) in [6.45, 7) is 5.54. The SMILES string of the molecule is CCCC(=O)N(CCCC(C)Nc1cc(OC)cc2cccnc12)Cc1ccc(Cl)cc1. The summed E-state index contributed by atoms with van der Waals surface area (Å²) in [5, 5.41) is 5.33. The van der Waals surface area contributed by atoms with Crippen molar-refractivity contribution in [3.63, 3.8) is 0 Å². The van der Waals surface area contributed by atoms with Crippen LogP contribution in [0.2, 0.25) is 5.02 Å². The van der Waals surface area contributed by atoms with Gasteiger partial charge >= 0.3 is 0 Å². The number of carbonyl (C=O) groups excluding carboxylic acids is 1. The van der Waals surface area contributed by atoms with Gasteiger partial charge in [0.15, 0.2) is 0 Å². The van der Waals surface area contributed by atoms with Gasteiger partial charge in [0.05, 0.1) is 18.3 Å². The molecule has 170 valence electrons. The highest BCUT2D eigenvalue weighted by atomic mass is 35.5. The molecule has 1 heterocycles. The van der Waals surface area contributed by atoms with Crippen molar-refractivity contribution in [3.8, 4) is 5.75 Å². The van der Waals surface area contributed by atoms with Crippen LogP contribution in [0.25, 0.3) is 10.9 Å². The predicted molar refractivity (Wildman–Crippen MR) is 132 cm³/mol. The number of amides is 1. The topological polar surface area (TPSA) is 54.5 Å². The lowest BCUT2D eigenvalue weighted by Crippen LogP contribution is -2.32. The summed E-state index contributed by atoms with van der Waals surface area (Å²) in [7, 11) is 1.67. The summed E-state index contributed by atoms with van der Waals surface area (Å²) >= 11 is 6.00. The number of nitrogens with zero attached hydrogens (tertiary/aromatic N) is 2. The Balaban J connectivity index is 1.61. The summed E-state index contributed by atoms with van der Waals surface area (Å²) in [6.07, 6.45) is 5.07. The van der Waals surface area contributed by atoms with E-state index in [1.54, 1.807) is 13.3 Å². The zero-order valence-electron chi connectivity index (χ0n) is 19.1. The van der Waals surface area contributed by atoms with E-state index < -0.39 is 0 Å². The van der Waals surface area contributed by atoms with Crippen LogP contribution in [0, 0.1) is 0 Å². The van der Waals surface area contributed by atoms with E-state index in [9.17, 15) is 4.79 Å². The molecule has 0 saturated carbocycles. The van der Waals surface area contributed by atoms with Crippen molar-refractivity contribution in [1.29, 1.82) is 0 Å². The largest absolute Gasteiger partial charge is 0.497 e. The lowest BCUT2D eigenvalue weighted by atomic mass is 10.1. The summed E-state index contributed by atoms with van der Waals surface area (Å²) in [5.41, 5.74) is 2.99. The average molecular weight is 454 g/mol. The van der Waals surface area contributed by atoms with E-state index in [1.807, 2.05) is 60.4 Å². The van der Waals surface area contributed by atoms with Crippen molar-refractivity contribution in [3.05, 3.63) is 65.3 Å². The molecular formula is C26H32ClN3O2. The second kappa shape index (κ2) is 11.7. The first kappa shape index (κ1) is 23.9. The molecule has 1 amide bonds. The Morgan fingerprint density at radius 2 is 2.00 bits per heavy atom. The number of hydrogen-bond donors (Lipinski definition) is 1. The lowest BCUT2D eigenvalue weighted by molar-refractivity contribution is -0.131. The first-order chi connectivity index (χ1) is 15.5. The third kappa shape index (κ3) is 6.60. The molecule has 3 aromatic rings. The molecule has 0 radical (unpaired) electrons. The lowest BCUT2D eigenvalue weighted by Gasteiger charge is -2.24. The maximum atomic E-state index is 12.7. The van der Waals surface area contributed by atoms with Crippen LogP contribution in [-0.4, -0.2) is 35.5 Å². The van der Waals surface area contributed by atoms with E-state index in [4.69, 9.17) is 16.3 Å². The summed E-state index contributed by atoms with van der Waals surface area (Å²) in [5.74, 6) is 1.01. The fourth-order valence-corrected chi connectivity index (χ4v) is 3.92. The molecule has 0 aliphatic rings. The molecule has 5 nitrogen and oxygen atoms in total. The van der Waals surface area contributed by atoms with Crippen molar-refractivity contribution < 1.29 is 9.53 Å². The quantitative estimate of drug-likeness (QED) is 0.369. The van der Waals surface area contributed by atoms with Crippen LogP contribution in [0.4, 0.5) is 5.69 Å². The first-order valence-corrected chi connectivity index (χ1v) is 11.6. The molecule has 1 aromatic heterocycles. The molecule has 0 aliphatic carbocycles. The van der Waals surface area contributed by atoms with Crippen LogP contribution in [0.15, 0.2) is 54.7 Å². The molecule has 0 aliphatic heterocycles. The fraction of sp³-hybridized carbons (Fsp3) is 0.385. The minimum atomic E-state index is 0.200. The van der Waals surface area contributed by atoms with Crippen LogP contribution < -0.4 is 10.1 Å². The zero-order valence-corrected chi connectivity index (χ0v) is 19.9. The maximum absolute atomic E-state index is 12.7. The highest BCUT2D eigenvalue weighted by Gasteiger charge is 2.14. The first-order valence-electron chi connectivity index (χ1n) is 11.2. The van der Waals surface area contributed by atoms with Gasteiger partial charge in [0.25, 0.3) is 0 Å². The second-order valence-electron chi connectivity index (χ2n) is 8.13. The van der Waals surface area contributed by atoms with Crippen molar-refractivity contribution in [2.45, 2.75) is 52.1 Å². The van der Waals surface area contributed by atoms with Gasteiger partial charge in [-0.25, -0.2) is 0 Å². The smallest absolute Gasteiger partial charge is 0.222 e. The number of pyridine rings is 1. The monoisotopic (exact) mass is 453 g/mol. The number of nitrogens with one attached hydrogen (secondary N) is 1. The molecule has 6 heteroatoms. The molecule has 3 rings (SSSR count). The minimum Gasteiger partial charge on any atom is -0.497 e. The van der Waals surface area contributed by atoms with Gasteiger partial charge in [0, 0.05) is 48.2 Å². The normalized spacial score (nSPS) is 11.9. The standard InChI is InChI=1S/C26H32ClN3O2/c1-4-7-25(31)30(18-20-10-12-22(27)13-11-20)15-6-8-19(2)29-24-17-23(32-3)16-21-9-5-14-28-26(21)24/h5,9-14,16-17,19,29H,4,6-8,15,18H2,1-3H3. The van der Waals surface area contributed by atoms with Crippen molar-refractivity contribution >= 4 is 34.1 Å². The van der Waals surface area contributed by atoms with Gasteiger partial charge in [-0.3, -0.25) is 9.78 Å². The highest BCUT2D eigenvalue weighted by molar-refractivity contribution is 6.30. The Morgan fingerprint density at radius 1 is 1.22 bits per heavy atom. The second-order valence-corrected chi connectivity index (χ2v) is 8.57. The Labute approximate surface area is 195 Å². The molecule has 0 spiro atoms. The molecular weight excluding hydrogens is 422 g/mol. The van der Waals surface area contributed by atoms with Gasteiger partial charge in [-0.15, -0.1) is 0 Å². The number of aromatic nitrogens is 1. The molecule has 0 bridgehead atoms. The van der Waals surface area contributed by atoms with Crippen molar-refractivity contribution in [2.75, 3.05) is 19.0 Å². The van der Waals surface area contributed by atoms with Crippen LogP contribution >= 0.6 is 11.6 Å². The Kier molecular flexibility index (Phi) is 8.74. The summed E-state index contributed by atoms with van der Waals surface area (Å²) < 4.78 is 5.45. The number of ether oxygens (including phenoxy) is 1. The van der Waals surface area contributed by atoms with E-state index >= 15 is 0 Å². The number of halogens is 1. The fourth-order valence-electron chi connectivity index (χ4n) is 3.79. The molecule has 0 fully saturated rings. The number of carbonyl (C=O) groups is 1. The molecule has 32 heavy (non-hydrogen) atoms. The number of rotatable bonds is 11. The van der Waals surface area contributed by atoms with E-state index in [1.165, 1.54) is 0 Å². The number of fused-ring (bicyclic) bond motifs is 1. The number of hydrogen-bond acceptors (Lipinski definition) is 4. The molecule has 1 unspecified atom stereocenters. The predicted octanol–water partition coefficient (Wildman–Crippen LogP) is 6.31. The van der Waals surface area contributed by atoms with E-state index in [2.05, 4.69) is 17.2 Å². The number of anilines is 1. The molecule has 2 aromatic carbocycles. The average Bonchev–Trinajstić information content (AvgIpc) is 2.79. The van der Waals surface area contributed by atoms with Crippen LogP contribution in [0.5, 0.6) is 5.75 Å². The van der Waals surface area contributed by atoms with E-state index in [0.717, 1.165) is 53.7 Å². The van der Waals surface area contributed by atoms with Gasteiger partial charge in [0.1, 0.15) is 5.75 Å². The molecule has 1 N–H and O–H groups in total. The number of benzene rings is 2. The van der Waals surface area contributed by atoms with Gasteiger partial charge < -0.3 is 15.0 Å². The molecule has 0 saturated heterocycles. The van der Waals surface area contributed by atoms with Crippen molar-refractivity contribution in [1.82, 2.24) is 9.88 Å². The Hall–Kier alpha value is -2.79. The highest BCUT2D eigenvalue weighted by Crippen LogP contribution is 2.28. The van der Waals surface area contributed by atoms with Gasteiger partial charge in [-0.1, -0.05) is 36.7 Å². The minimum absolute atomic E-state index is 0.200.